The summed E-state index contributed by atoms with van der Waals surface area (Å²) in [7, 11) is -3.97. The Bertz CT molecular complexity index is 852. The lowest BCUT2D eigenvalue weighted by atomic mass is 10.2. The smallest absolute Gasteiger partial charge is 0.338 e. The van der Waals surface area contributed by atoms with E-state index >= 15 is 0 Å². The number of carbonyl (C=O) groups is 1. The minimum atomic E-state index is -3.97. The molecule has 0 atom stereocenters. The van der Waals surface area contributed by atoms with E-state index < -0.39 is 27.4 Å². The minimum absolute atomic E-state index is 0.0406. The number of anilines is 1. The molecule has 0 bridgehead atoms. The van der Waals surface area contributed by atoms with Gasteiger partial charge in [0.15, 0.2) is 0 Å². The summed E-state index contributed by atoms with van der Waals surface area (Å²) in [5, 5.41) is 9.14. The first-order chi connectivity index (χ1) is 10.2. The van der Waals surface area contributed by atoms with E-state index in [1.54, 1.807) is 13.0 Å². The highest BCUT2D eigenvalue weighted by Gasteiger charge is 2.19. The van der Waals surface area contributed by atoms with Crippen molar-refractivity contribution in [3.63, 3.8) is 0 Å². The van der Waals surface area contributed by atoms with Crippen LogP contribution in [0.2, 0.25) is 5.02 Å². The molecule has 2 aromatic rings. The summed E-state index contributed by atoms with van der Waals surface area (Å²) in [6.45, 7) is 1.55. The molecule has 0 fully saturated rings. The van der Waals surface area contributed by atoms with Crippen LogP contribution >= 0.6 is 11.6 Å². The molecule has 2 rings (SSSR count). The normalized spacial score (nSPS) is 11.2. The Balaban J connectivity index is 2.43. The monoisotopic (exact) mass is 343 g/mol. The molecule has 8 heteroatoms. The van der Waals surface area contributed by atoms with Crippen LogP contribution in [0, 0.1) is 12.7 Å². The molecule has 22 heavy (non-hydrogen) atoms. The molecular formula is C14H11ClFNO4S. The summed E-state index contributed by atoms with van der Waals surface area (Å²) >= 11 is 5.89. The molecule has 2 N–H and O–H groups in total. The molecular weight excluding hydrogens is 333 g/mol. The highest BCUT2D eigenvalue weighted by Crippen LogP contribution is 2.25. The van der Waals surface area contributed by atoms with E-state index in [1.807, 2.05) is 0 Å². The molecule has 5 nitrogen and oxygen atoms in total. The van der Waals surface area contributed by atoms with Gasteiger partial charge in [0, 0.05) is 10.7 Å². The first-order valence-corrected chi connectivity index (χ1v) is 7.89. The lowest BCUT2D eigenvalue weighted by molar-refractivity contribution is 0.0692. The van der Waals surface area contributed by atoms with Crippen LogP contribution in [0.25, 0.3) is 0 Å². The van der Waals surface area contributed by atoms with Crippen LogP contribution in [0.5, 0.6) is 0 Å². The Morgan fingerprint density at radius 3 is 2.59 bits per heavy atom. The predicted octanol–water partition coefficient (Wildman–Crippen LogP) is 3.29. The van der Waals surface area contributed by atoms with Crippen molar-refractivity contribution in [2.75, 3.05) is 4.72 Å². The second-order valence-electron chi connectivity index (χ2n) is 4.47. The predicted molar refractivity (Wildman–Crippen MR) is 80.4 cm³/mol. The highest BCUT2D eigenvalue weighted by molar-refractivity contribution is 7.92. The maximum atomic E-state index is 13.3. The molecule has 0 aromatic heterocycles. The van der Waals surface area contributed by atoms with Crippen LogP contribution < -0.4 is 4.72 Å². The van der Waals surface area contributed by atoms with Gasteiger partial charge in [0.2, 0.25) is 0 Å². The number of carboxylic acids is 1. The first kappa shape index (κ1) is 16.3. The van der Waals surface area contributed by atoms with Gasteiger partial charge in [0.1, 0.15) is 5.82 Å². The van der Waals surface area contributed by atoms with Crippen LogP contribution in [0.1, 0.15) is 15.9 Å². The van der Waals surface area contributed by atoms with Gasteiger partial charge < -0.3 is 5.11 Å². The van der Waals surface area contributed by atoms with Crippen molar-refractivity contribution in [2.45, 2.75) is 11.8 Å². The van der Waals surface area contributed by atoms with E-state index in [4.69, 9.17) is 16.7 Å². The summed E-state index contributed by atoms with van der Waals surface area (Å²) in [6.07, 6.45) is 0. The average molecular weight is 344 g/mol. The van der Waals surface area contributed by atoms with Crippen LogP contribution in [-0.2, 0) is 10.0 Å². The summed E-state index contributed by atoms with van der Waals surface area (Å²) in [5.74, 6) is -2.44. The third-order valence-corrected chi connectivity index (χ3v) is 4.89. The van der Waals surface area contributed by atoms with Gasteiger partial charge in [-0.2, -0.15) is 0 Å². The number of benzene rings is 2. The zero-order chi connectivity index (χ0) is 16.5. The largest absolute Gasteiger partial charge is 0.478 e. The van der Waals surface area contributed by atoms with Gasteiger partial charge in [0.05, 0.1) is 10.5 Å². The Morgan fingerprint density at radius 1 is 1.27 bits per heavy atom. The van der Waals surface area contributed by atoms with Crippen LogP contribution in [0.15, 0.2) is 41.3 Å². The molecule has 0 saturated carbocycles. The fourth-order valence-electron chi connectivity index (χ4n) is 1.84. The zero-order valence-electron chi connectivity index (χ0n) is 11.3. The van der Waals surface area contributed by atoms with Crippen LogP contribution in [0.4, 0.5) is 10.1 Å². The van der Waals surface area contributed by atoms with Crippen LogP contribution in [0.3, 0.4) is 0 Å². The summed E-state index contributed by atoms with van der Waals surface area (Å²) in [4.78, 5) is 10.8. The van der Waals surface area contributed by atoms with E-state index in [-0.39, 0.29) is 15.6 Å². The third kappa shape index (κ3) is 3.20. The second kappa shape index (κ2) is 5.94. The van der Waals surface area contributed by atoms with E-state index in [2.05, 4.69) is 4.72 Å². The number of rotatable bonds is 4. The molecule has 0 amide bonds. The standard InChI is InChI=1S/C14H11ClFNO4S/c1-8-11(15)3-2-4-13(8)22(20,21)17-9-5-6-12(16)10(7-9)14(18)19/h2-7,17H,1H3,(H,18,19). The number of halogens is 2. The highest BCUT2D eigenvalue weighted by atomic mass is 35.5. The van der Waals surface area contributed by atoms with Crippen molar-refractivity contribution < 1.29 is 22.7 Å². The number of aromatic carboxylic acids is 1. The lowest BCUT2D eigenvalue weighted by Crippen LogP contribution is -2.15. The van der Waals surface area contributed by atoms with Crippen molar-refractivity contribution in [1.82, 2.24) is 0 Å². The van der Waals surface area contributed by atoms with Gasteiger partial charge in [-0.3, -0.25) is 4.72 Å². The van der Waals surface area contributed by atoms with E-state index in [9.17, 15) is 17.6 Å². The maximum Gasteiger partial charge on any atom is 0.338 e. The van der Waals surface area contributed by atoms with Crippen LogP contribution in [-0.4, -0.2) is 19.5 Å². The fraction of sp³-hybridized carbons (Fsp3) is 0.0714. The molecule has 0 aliphatic carbocycles. The molecule has 116 valence electrons. The molecule has 2 aromatic carbocycles. The summed E-state index contributed by atoms with van der Waals surface area (Å²) in [6, 6.07) is 7.33. The van der Waals surface area contributed by atoms with Crippen molar-refractivity contribution in [2.24, 2.45) is 0 Å². The summed E-state index contributed by atoms with van der Waals surface area (Å²) < 4.78 is 40.2. The van der Waals surface area contributed by atoms with E-state index in [0.717, 1.165) is 18.2 Å². The number of hydrogen-bond acceptors (Lipinski definition) is 3. The first-order valence-electron chi connectivity index (χ1n) is 6.03. The zero-order valence-corrected chi connectivity index (χ0v) is 12.9. The van der Waals surface area contributed by atoms with Crippen molar-refractivity contribution >= 4 is 33.3 Å². The Labute approximate surface area is 131 Å². The lowest BCUT2D eigenvalue weighted by Gasteiger charge is -2.11. The maximum absolute atomic E-state index is 13.3. The molecule has 0 heterocycles. The van der Waals surface area contributed by atoms with E-state index in [1.165, 1.54) is 12.1 Å². The number of carboxylic acid groups (broad SMARTS) is 1. The fourth-order valence-corrected chi connectivity index (χ4v) is 3.39. The minimum Gasteiger partial charge on any atom is -0.478 e. The van der Waals surface area contributed by atoms with Crippen molar-refractivity contribution in [1.29, 1.82) is 0 Å². The quantitative estimate of drug-likeness (QED) is 0.892. The third-order valence-electron chi connectivity index (χ3n) is 2.96. The van der Waals surface area contributed by atoms with Crippen molar-refractivity contribution in [3.8, 4) is 0 Å². The molecule has 0 spiro atoms. The average Bonchev–Trinajstić information content (AvgIpc) is 2.43. The van der Waals surface area contributed by atoms with Gasteiger partial charge in [-0.25, -0.2) is 17.6 Å². The molecule has 0 radical (unpaired) electrons. The molecule has 0 unspecified atom stereocenters. The number of sulfonamides is 1. The molecule has 0 aliphatic heterocycles. The van der Waals surface area contributed by atoms with Gasteiger partial charge in [-0.05, 0) is 42.8 Å². The number of nitrogens with one attached hydrogen (secondary N) is 1. The topological polar surface area (TPSA) is 83.5 Å². The molecule has 0 aliphatic rings. The second-order valence-corrected chi connectivity index (χ2v) is 6.53. The van der Waals surface area contributed by atoms with Crippen molar-refractivity contribution in [3.05, 3.63) is 58.4 Å². The SMILES string of the molecule is Cc1c(Cl)cccc1S(=O)(=O)Nc1ccc(F)c(C(=O)O)c1. The van der Waals surface area contributed by atoms with Gasteiger partial charge in [-0.1, -0.05) is 17.7 Å². The Hall–Kier alpha value is -2.12. The van der Waals surface area contributed by atoms with Gasteiger partial charge in [-0.15, -0.1) is 0 Å². The Kier molecular flexibility index (Phi) is 4.39. The van der Waals surface area contributed by atoms with Gasteiger partial charge in [0.25, 0.3) is 10.0 Å². The number of hydrogen-bond donors (Lipinski definition) is 2. The van der Waals surface area contributed by atoms with E-state index in [0.29, 0.717) is 5.56 Å². The molecule has 0 saturated heterocycles. The van der Waals surface area contributed by atoms with Gasteiger partial charge >= 0.3 is 5.97 Å². The summed E-state index contributed by atoms with van der Waals surface area (Å²) in [5.41, 5.74) is -0.321. The Morgan fingerprint density at radius 2 is 1.95 bits per heavy atom.